The topological polar surface area (TPSA) is 67.9 Å². The van der Waals surface area contributed by atoms with Crippen molar-refractivity contribution < 1.29 is 8.78 Å². The summed E-state index contributed by atoms with van der Waals surface area (Å²) < 4.78 is 26.4. The fraction of sp³-hybridized carbons (Fsp3) is 0.182. The SMILES string of the molecule is CN(C)c1nc(N)nc(-c2ccc(F)cc2F)n1. The van der Waals surface area contributed by atoms with Crippen molar-refractivity contribution in [1.29, 1.82) is 0 Å². The Kier molecular flexibility index (Phi) is 3.05. The molecule has 1 aromatic carbocycles. The molecule has 2 aromatic rings. The predicted molar refractivity (Wildman–Crippen MR) is 63.9 cm³/mol. The lowest BCUT2D eigenvalue weighted by molar-refractivity contribution is 0.585. The van der Waals surface area contributed by atoms with E-state index in [1.165, 1.54) is 6.07 Å². The number of nitrogens with two attached hydrogens (primary N) is 1. The number of halogens is 2. The minimum atomic E-state index is -0.745. The quantitative estimate of drug-likeness (QED) is 0.875. The van der Waals surface area contributed by atoms with Crippen LogP contribution in [0.3, 0.4) is 0 Å². The molecule has 1 aromatic heterocycles. The molecule has 1 heterocycles. The van der Waals surface area contributed by atoms with Gasteiger partial charge in [0.15, 0.2) is 5.82 Å². The van der Waals surface area contributed by atoms with Crippen LogP contribution in [-0.4, -0.2) is 29.0 Å². The Hall–Kier alpha value is -2.31. The number of aromatic nitrogens is 3. The standard InChI is InChI=1S/C11H11F2N5/c1-18(2)11-16-9(15-10(14)17-11)7-4-3-6(12)5-8(7)13/h3-5H,1-2H3,(H2,14,15,16,17). The number of nitrogens with zero attached hydrogens (tertiary/aromatic N) is 4. The second-order valence-electron chi connectivity index (χ2n) is 3.84. The van der Waals surface area contributed by atoms with Crippen molar-refractivity contribution >= 4 is 11.9 Å². The van der Waals surface area contributed by atoms with Crippen LogP contribution in [0.4, 0.5) is 20.7 Å². The molecule has 0 saturated carbocycles. The molecule has 0 saturated heterocycles. The van der Waals surface area contributed by atoms with Gasteiger partial charge in [-0.05, 0) is 12.1 Å². The van der Waals surface area contributed by atoms with Gasteiger partial charge in [0.2, 0.25) is 11.9 Å². The van der Waals surface area contributed by atoms with Crippen LogP contribution in [0.5, 0.6) is 0 Å². The first kappa shape index (κ1) is 12.2. The molecule has 94 valence electrons. The first-order chi connectivity index (χ1) is 8.47. The second kappa shape index (κ2) is 4.52. The fourth-order valence-electron chi connectivity index (χ4n) is 1.37. The van der Waals surface area contributed by atoms with Crippen molar-refractivity contribution in [2.45, 2.75) is 0 Å². The average molecular weight is 251 g/mol. The molecule has 7 heteroatoms. The summed E-state index contributed by atoms with van der Waals surface area (Å²) in [6, 6.07) is 3.16. The highest BCUT2D eigenvalue weighted by atomic mass is 19.1. The van der Waals surface area contributed by atoms with Crippen molar-refractivity contribution in [3.05, 3.63) is 29.8 Å². The van der Waals surface area contributed by atoms with Crippen LogP contribution in [0.15, 0.2) is 18.2 Å². The van der Waals surface area contributed by atoms with Crippen LogP contribution >= 0.6 is 0 Å². The average Bonchev–Trinajstić information content (AvgIpc) is 2.27. The van der Waals surface area contributed by atoms with Crippen LogP contribution in [-0.2, 0) is 0 Å². The van der Waals surface area contributed by atoms with E-state index in [2.05, 4.69) is 15.0 Å². The molecular formula is C11H11F2N5. The zero-order valence-electron chi connectivity index (χ0n) is 9.85. The second-order valence-corrected chi connectivity index (χ2v) is 3.84. The van der Waals surface area contributed by atoms with Gasteiger partial charge in [0.1, 0.15) is 11.6 Å². The van der Waals surface area contributed by atoms with Crippen molar-refractivity contribution in [2.75, 3.05) is 24.7 Å². The highest BCUT2D eigenvalue weighted by molar-refractivity contribution is 5.58. The Labute approximate surface area is 102 Å². The molecule has 0 bridgehead atoms. The lowest BCUT2D eigenvalue weighted by atomic mass is 10.2. The molecule has 0 radical (unpaired) electrons. The largest absolute Gasteiger partial charge is 0.368 e. The van der Waals surface area contributed by atoms with Crippen molar-refractivity contribution in [3.63, 3.8) is 0 Å². The summed E-state index contributed by atoms with van der Waals surface area (Å²) in [5, 5.41) is 0. The van der Waals surface area contributed by atoms with Gasteiger partial charge in [0, 0.05) is 20.2 Å². The molecule has 0 spiro atoms. The van der Waals surface area contributed by atoms with Crippen LogP contribution in [0.2, 0.25) is 0 Å². The van der Waals surface area contributed by atoms with Gasteiger partial charge in [-0.25, -0.2) is 8.78 Å². The highest BCUT2D eigenvalue weighted by Gasteiger charge is 2.12. The summed E-state index contributed by atoms with van der Waals surface area (Å²) in [6.07, 6.45) is 0. The number of benzene rings is 1. The van der Waals surface area contributed by atoms with Gasteiger partial charge in [-0.1, -0.05) is 0 Å². The van der Waals surface area contributed by atoms with E-state index in [-0.39, 0.29) is 17.3 Å². The number of hydrogen-bond acceptors (Lipinski definition) is 5. The molecule has 18 heavy (non-hydrogen) atoms. The molecule has 0 atom stereocenters. The van der Waals surface area contributed by atoms with Crippen molar-refractivity contribution in [1.82, 2.24) is 15.0 Å². The maximum atomic E-state index is 13.6. The Balaban J connectivity index is 2.56. The molecule has 0 unspecified atom stereocenters. The van der Waals surface area contributed by atoms with E-state index >= 15 is 0 Å². The Morgan fingerprint density at radius 3 is 2.44 bits per heavy atom. The summed E-state index contributed by atoms with van der Waals surface area (Å²) in [7, 11) is 3.44. The summed E-state index contributed by atoms with van der Waals surface area (Å²) in [4.78, 5) is 13.4. The lowest BCUT2D eigenvalue weighted by Gasteiger charge is -2.11. The number of nitrogen functional groups attached to an aromatic ring is 1. The van der Waals surface area contributed by atoms with E-state index < -0.39 is 11.6 Å². The van der Waals surface area contributed by atoms with Crippen molar-refractivity contribution in [2.24, 2.45) is 0 Å². The van der Waals surface area contributed by atoms with Crippen LogP contribution in [0.1, 0.15) is 0 Å². The Morgan fingerprint density at radius 2 is 1.83 bits per heavy atom. The van der Waals surface area contributed by atoms with Gasteiger partial charge in [-0.3, -0.25) is 0 Å². The smallest absolute Gasteiger partial charge is 0.230 e. The number of rotatable bonds is 2. The summed E-state index contributed by atoms with van der Waals surface area (Å²) in [5.41, 5.74) is 5.61. The lowest BCUT2D eigenvalue weighted by Crippen LogP contribution is -2.15. The van der Waals surface area contributed by atoms with E-state index in [1.54, 1.807) is 19.0 Å². The maximum absolute atomic E-state index is 13.6. The van der Waals surface area contributed by atoms with Gasteiger partial charge in [-0.2, -0.15) is 15.0 Å². The summed E-state index contributed by atoms with van der Waals surface area (Å²) >= 11 is 0. The molecule has 2 N–H and O–H groups in total. The minimum Gasteiger partial charge on any atom is -0.368 e. The van der Waals surface area contributed by atoms with E-state index in [0.717, 1.165) is 12.1 Å². The molecule has 0 aliphatic rings. The fourth-order valence-corrected chi connectivity index (χ4v) is 1.37. The third kappa shape index (κ3) is 2.34. The van der Waals surface area contributed by atoms with Crippen molar-refractivity contribution in [3.8, 4) is 11.4 Å². The first-order valence-electron chi connectivity index (χ1n) is 5.11. The van der Waals surface area contributed by atoms with Crippen LogP contribution in [0, 0.1) is 11.6 Å². The van der Waals surface area contributed by atoms with E-state index in [9.17, 15) is 8.78 Å². The van der Waals surface area contributed by atoms with Crippen LogP contribution < -0.4 is 10.6 Å². The molecule has 5 nitrogen and oxygen atoms in total. The van der Waals surface area contributed by atoms with Gasteiger partial charge >= 0.3 is 0 Å². The molecule has 2 rings (SSSR count). The zero-order valence-corrected chi connectivity index (χ0v) is 9.85. The summed E-state index contributed by atoms with van der Waals surface area (Å²) in [5.74, 6) is -1.05. The third-order valence-electron chi connectivity index (χ3n) is 2.21. The molecule has 0 aliphatic heterocycles. The predicted octanol–water partition coefficient (Wildman–Crippen LogP) is 1.47. The number of anilines is 2. The van der Waals surface area contributed by atoms with E-state index in [4.69, 9.17) is 5.73 Å². The highest BCUT2D eigenvalue weighted by Crippen LogP contribution is 2.21. The molecular weight excluding hydrogens is 240 g/mol. The first-order valence-corrected chi connectivity index (χ1v) is 5.11. The number of hydrogen-bond donors (Lipinski definition) is 1. The summed E-state index contributed by atoms with van der Waals surface area (Å²) in [6.45, 7) is 0. The van der Waals surface area contributed by atoms with Gasteiger partial charge < -0.3 is 10.6 Å². The van der Waals surface area contributed by atoms with E-state index in [1.807, 2.05) is 0 Å². The molecule has 0 aliphatic carbocycles. The van der Waals surface area contributed by atoms with Gasteiger partial charge in [0.05, 0.1) is 5.56 Å². The molecule has 0 amide bonds. The third-order valence-corrected chi connectivity index (χ3v) is 2.21. The minimum absolute atomic E-state index is 0.0209. The Morgan fingerprint density at radius 1 is 1.11 bits per heavy atom. The maximum Gasteiger partial charge on any atom is 0.230 e. The molecule has 0 fully saturated rings. The van der Waals surface area contributed by atoms with Gasteiger partial charge in [0.25, 0.3) is 0 Å². The van der Waals surface area contributed by atoms with Gasteiger partial charge in [-0.15, -0.1) is 0 Å². The zero-order chi connectivity index (χ0) is 13.3. The van der Waals surface area contributed by atoms with Crippen LogP contribution in [0.25, 0.3) is 11.4 Å². The normalized spacial score (nSPS) is 10.4. The Bertz CT molecular complexity index is 586. The van der Waals surface area contributed by atoms with E-state index in [0.29, 0.717) is 5.95 Å². The monoisotopic (exact) mass is 251 g/mol.